The van der Waals surface area contributed by atoms with E-state index in [0.717, 1.165) is 21.9 Å². The van der Waals surface area contributed by atoms with Crippen molar-refractivity contribution in [3.05, 3.63) is 148 Å². The zero-order chi connectivity index (χ0) is 24.2. The summed E-state index contributed by atoms with van der Waals surface area (Å²) in [6.45, 7) is 0. The van der Waals surface area contributed by atoms with Gasteiger partial charge < -0.3 is 0 Å². The van der Waals surface area contributed by atoms with Gasteiger partial charge in [-0.2, -0.15) is 0 Å². The Kier molecular flexibility index (Phi) is 4.52. The summed E-state index contributed by atoms with van der Waals surface area (Å²) in [4.78, 5) is 12.0. The van der Waals surface area contributed by atoms with E-state index in [-0.39, 0.29) is 16.5 Å². The molecule has 0 amide bonds. The van der Waals surface area contributed by atoms with Crippen molar-refractivity contribution in [2.45, 2.75) is 5.92 Å². The predicted octanol–water partition coefficient (Wildman–Crippen LogP) is 8.73. The number of rotatable bonds is 3. The van der Waals surface area contributed by atoms with Crippen LogP contribution in [0.15, 0.2) is 121 Å². The molecular formula is C33H21NO2. The van der Waals surface area contributed by atoms with Gasteiger partial charge in [0, 0.05) is 12.0 Å². The highest BCUT2D eigenvalue weighted by atomic mass is 16.6. The number of nitro benzene ring substituents is 1. The molecule has 0 saturated carbocycles. The molecule has 36 heavy (non-hydrogen) atoms. The molecule has 0 heterocycles. The van der Waals surface area contributed by atoms with E-state index in [2.05, 4.69) is 66.7 Å². The van der Waals surface area contributed by atoms with Crippen molar-refractivity contribution in [3.8, 4) is 22.3 Å². The molecule has 0 saturated heterocycles. The molecular weight excluding hydrogens is 442 g/mol. The molecule has 0 spiro atoms. The van der Waals surface area contributed by atoms with Crippen LogP contribution in [0.5, 0.6) is 0 Å². The second-order valence-electron chi connectivity index (χ2n) is 9.34. The van der Waals surface area contributed by atoms with Crippen LogP contribution in [0.4, 0.5) is 5.69 Å². The Hall–Kier alpha value is -4.76. The van der Waals surface area contributed by atoms with Gasteiger partial charge in [0.1, 0.15) is 0 Å². The number of fused-ring (bicyclic) bond motifs is 6. The van der Waals surface area contributed by atoms with Gasteiger partial charge in [0.15, 0.2) is 0 Å². The number of nitrogens with zero attached hydrogens (tertiary/aromatic N) is 1. The van der Waals surface area contributed by atoms with Gasteiger partial charge in [0.2, 0.25) is 0 Å². The van der Waals surface area contributed by atoms with Crippen LogP contribution >= 0.6 is 0 Å². The van der Waals surface area contributed by atoms with E-state index < -0.39 is 0 Å². The molecule has 7 rings (SSSR count). The monoisotopic (exact) mass is 463 g/mol. The average Bonchev–Trinajstić information content (AvgIpc) is 3.28. The lowest BCUT2D eigenvalue weighted by molar-refractivity contribution is -0.384. The highest BCUT2D eigenvalue weighted by molar-refractivity contribution is 6.07. The predicted molar refractivity (Wildman–Crippen MR) is 146 cm³/mol. The Morgan fingerprint density at radius 3 is 2.00 bits per heavy atom. The largest absolute Gasteiger partial charge is 0.277 e. The Morgan fingerprint density at radius 2 is 1.22 bits per heavy atom. The van der Waals surface area contributed by atoms with Crippen LogP contribution < -0.4 is 0 Å². The second-order valence-corrected chi connectivity index (χ2v) is 9.34. The third-order valence-corrected chi connectivity index (χ3v) is 7.41. The summed E-state index contributed by atoms with van der Waals surface area (Å²) in [7, 11) is 0. The van der Waals surface area contributed by atoms with E-state index >= 15 is 0 Å². The minimum atomic E-state index is -0.255. The van der Waals surface area contributed by atoms with Gasteiger partial charge in [-0.1, -0.05) is 109 Å². The van der Waals surface area contributed by atoms with Crippen molar-refractivity contribution >= 4 is 27.2 Å². The lowest BCUT2D eigenvalue weighted by Crippen LogP contribution is -1.99. The highest BCUT2D eigenvalue weighted by Crippen LogP contribution is 2.54. The van der Waals surface area contributed by atoms with Crippen LogP contribution in [0.2, 0.25) is 0 Å². The molecule has 3 nitrogen and oxygen atoms in total. The van der Waals surface area contributed by atoms with E-state index in [0.29, 0.717) is 5.56 Å². The first kappa shape index (κ1) is 20.6. The summed E-state index contributed by atoms with van der Waals surface area (Å²) in [6, 6.07) is 41.1. The van der Waals surface area contributed by atoms with Gasteiger partial charge in [-0.05, 0) is 61.0 Å². The highest BCUT2D eigenvalue weighted by Gasteiger charge is 2.34. The molecule has 3 heteroatoms. The van der Waals surface area contributed by atoms with E-state index in [4.69, 9.17) is 0 Å². The molecule has 0 radical (unpaired) electrons. The molecule has 6 aromatic rings. The molecule has 0 bridgehead atoms. The third kappa shape index (κ3) is 2.99. The lowest BCUT2D eigenvalue weighted by Gasteiger charge is -2.15. The first-order valence-corrected chi connectivity index (χ1v) is 12.1. The summed E-state index contributed by atoms with van der Waals surface area (Å²) in [6.07, 6.45) is 0. The SMILES string of the molecule is O=[N+]([O-])c1cc2ccccc2cc1-c1cccc2c1-c1c(ccc3ccccc13)C2c1ccccc1. The van der Waals surface area contributed by atoms with Gasteiger partial charge in [-0.15, -0.1) is 0 Å². The fourth-order valence-electron chi connectivity index (χ4n) is 5.89. The molecule has 1 aliphatic carbocycles. The van der Waals surface area contributed by atoms with Crippen molar-refractivity contribution in [1.29, 1.82) is 0 Å². The van der Waals surface area contributed by atoms with Crippen LogP contribution in [0, 0.1) is 10.1 Å². The van der Waals surface area contributed by atoms with Crippen LogP contribution in [0.25, 0.3) is 43.8 Å². The van der Waals surface area contributed by atoms with Crippen LogP contribution in [-0.4, -0.2) is 4.92 Å². The maximum Gasteiger partial charge on any atom is 0.277 e. The Labute approximate surface area is 208 Å². The average molecular weight is 464 g/mol. The maximum atomic E-state index is 12.3. The van der Waals surface area contributed by atoms with Crippen LogP contribution in [-0.2, 0) is 0 Å². The number of benzene rings is 6. The van der Waals surface area contributed by atoms with Crippen LogP contribution in [0.3, 0.4) is 0 Å². The third-order valence-electron chi connectivity index (χ3n) is 7.41. The standard InChI is InChI=1S/C33H21NO2/c35-34(36)30-20-24-13-5-4-12-23(24)19-29(30)26-15-8-16-27-31(22-10-2-1-3-11-22)28-18-17-21-9-6-7-14-25(21)32(28)33(26)27/h1-20,31H. The molecule has 0 N–H and O–H groups in total. The Balaban J connectivity index is 1.61. The zero-order valence-electron chi connectivity index (χ0n) is 19.4. The molecule has 1 unspecified atom stereocenters. The summed E-state index contributed by atoms with van der Waals surface area (Å²) < 4.78 is 0. The van der Waals surface area contributed by atoms with Crippen LogP contribution in [0.1, 0.15) is 22.6 Å². The topological polar surface area (TPSA) is 43.1 Å². The zero-order valence-corrected chi connectivity index (χ0v) is 19.4. The molecule has 0 aliphatic heterocycles. The smallest absolute Gasteiger partial charge is 0.258 e. The molecule has 170 valence electrons. The lowest BCUT2D eigenvalue weighted by atomic mass is 9.88. The van der Waals surface area contributed by atoms with Crippen molar-refractivity contribution in [2.24, 2.45) is 0 Å². The minimum Gasteiger partial charge on any atom is -0.258 e. The van der Waals surface area contributed by atoms with Gasteiger partial charge in [0.05, 0.1) is 10.5 Å². The van der Waals surface area contributed by atoms with Crippen molar-refractivity contribution in [2.75, 3.05) is 0 Å². The fourth-order valence-corrected chi connectivity index (χ4v) is 5.89. The van der Waals surface area contributed by atoms with Gasteiger partial charge >= 0.3 is 0 Å². The van der Waals surface area contributed by atoms with Gasteiger partial charge in [0.25, 0.3) is 5.69 Å². The van der Waals surface area contributed by atoms with Crippen molar-refractivity contribution in [3.63, 3.8) is 0 Å². The van der Waals surface area contributed by atoms with E-state index in [1.807, 2.05) is 48.5 Å². The maximum absolute atomic E-state index is 12.3. The summed E-state index contributed by atoms with van der Waals surface area (Å²) in [5.74, 6) is 0.0697. The Morgan fingerprint density at radius 1 is 0.556 bits per heavy atom. The molecule has 1 aliphatic rings. The summed E-state index contributed by atoms with van der Waals surface area (Å²) in [5, 5.41) is 16.5. The second kappa shape index (κ2) is 7.89. The molecule has 0 fully saturated rings. The molecule has 0 aromatic heterocycles. The molecule has 1 atom stereocenters. The number of nitro groups is 1. The first-order valence-electron chi connectivity index (χ1n) is 12.1. The number of hydrogen-bond donors (Lipinski definition) is 0. The van der Waals surface area contributed by atoms with E-state index in [1.165, 1.54) is 33.0 Å². The first-order chi connectivity index (χ1) is 17.7. The van der Waals surface area contributed by atoms with Gasteiger partial charge in [-0.25, -0.2) is 0 Å². The number of hydrogen-bond acceptors (Lipinski definition) is 2. The van der Waals surface area contributed by atoms with Crippen molar-refractivity contribution < 1.29 is 4.92 Å². The Bertz CT molecular complexity index is 1820. The van der Waals surface area contributed by atoms with E-state index in [1.54, 1.807) is 6.07 Å². The quantitative estimate of drug-likeness (QED) is 0.194. The summed E-state index contributed by atoms with van der Waals surface area (Å²) >= 11 is 0. The fraction of sp³-hybridized carbons (Fsp3) is 0.0303. The molecule has 6 aromatic carbocycles. The summed E-state index contributed by atoms with van der Waals surface area (Å²) in [5.41, 5.74) is 7.61. The van der Waals surface area contributed by atoms with Crippen molar-refractivity contribution in [1.82, 2.24) is 0 Å². The normalized spacial score (nSPS) is 14.1. The minimum absolute atomic E-state index is 0.0697. The van der Waals surface area contributed by atoms with E-state index in [9.17, 15) is 10.1 Å². The van der Waals surface area contributed by atoms with Gasteiger partial charge in [-0.3, -0.25) is 10.1 Å².